The number of hydrogen-bond acceptors (Lipinski definition) is 4. The summed E-state index contributed by atoms with van der Waals surface area (Å²) in [5.41, 5.74) is 5.92. The SMILES string of the molecule is Nc1cc(C(=O)NCC2CCCS2)c(Cl)cn1. The number of nitrogens with zero attached hydrogens (tertiary/aromatic N) is 1. The summed E-state index contributed by atoms with van der Waals surface area (Å²) in [7, 11) is 0. The minimum Gasteiger partial charge on any atom is -0.384 e. The summed E-state index contributed by atoms with van der Waals surface area (Å²) in [5.74, 6) is 1.30. The lowest BCUT2D eigenvalue weighted by atomic mass is 10.2. The fourth-order valence-corrected chi connectivity index (χ4v) is 3.13. The number of aromatic nitrogens is 1. The van der Waals surface area contributed by atoms with Gasteiger partial charge in [0.25, 0.3) is 5.91 Å². The maximum absolute atomic E-state index is 11.9. The topological polar surface area (TPSA) is 68.0 Å². The van der Waals surface area contributed by atoms with Crippen LogP contribution in [-0.2, 0) is 0 Å². The first-order valence-electron chi connectivity index (χ1n) is 5.47. The molecule has 0 spiro atoms. The van der Waals surface area contributed by atoms with E-state index in [-0.39, 0.29) is 5.91 Å². The zero-order chi connectivity index (χ0) is 12.3. The van der Waals surface area contributed by atoms with Gasteiger partial charge in [-0.3, -0.25) is 4.79 Å². The highest BCUT2D eigenvalue weighted by molar-refractivity contribution is 8.00. The van der Waals surface area contributed by atoms with E-state index < -0.39 is 0 Å². The maximum Gasteiger partial charge on any atom is 0.253 e. The summed E-state index contributed by atoms with van der Waals surface area (Å²) in [4.78, 5) is 15.7. The Morgan fingerprint density at radius 2 is 2.53 bits per heavy atom. The number of amides is 1. The van der Waals surface area contributed by atoms with Gasteiger partial charge in [-0.05, 0) is 24.7 Å². The Labute approximate surface area is 109 Å². The second-order valence-corrected chi connectivity index (χ2v) is 5.75. The molecule has 0 aliphatic carbocycles. The van der Waals surface area contributed by atoms with Crippen LogP contribution in [0.15, 0.2) is 12.3 Å². The predicted molar refractivity (Wildman–Crippen MR) is 71.5 cm³/mol. The van der Waals surface area contributed by atoms with Crippen molar-refractivity contribution in [3.63, 3.8) is 0 Å². The van der Waals surface area contributed by atoms with Crippen LogP contribution in [0.1, 0.15) is 23.2 Å². The van der Waals surface area contributed by atoms with Gasteiger partial charge in [-0.25, -0.2) is 4.98 Å². The first-order chi connectivity index (χ1) is 8.16. The van der Waals surface area contributed by atoms with Crippen molar-refractivity contribution < 1.29 is 4.79 Å². The molecule has 1 fully saturated rings. The number of thioether (sulfide) groups is 1. The Hall–Kier alpha value is -0.940. The number of rotatable bonds is 3. The van der Waals surface area contributed by atoms with Crippen molar-refractivity contribution >= 4 is 35.1 Å². The molecule has 1 unspecified atom stereocenters. The van der Waals surface area contributed by atoms with Gasteiger partial charge in [0.05, 0.1) is 10.6 Å². The van der Waals surface area contributed by atoms with Crippen molar-refractivity contribution in [2.24, 2.45) is 0 Å². The second-order valence-electron chi connectivity index (χ2n) is 3.93. The van der Waals surface area contributed by atoms with Crippen molar-refractivity contribution in [1.29, 1.82) is 0 Å². The number of nitrogens with two attached hydrogens (primary N) is 1. The molecule has 0 saturated carbocycles. The molecule has 1 aromatic rings. The molecule has 17 heavy (non-hydrogen) atoms. The molecule has 1 aliphatic heterocycles. The first kappa shape index (κ1) is 12.5. The fraction of sp³-hybridized carbons (Fsp3) is 0.455. The van der Waals surface area contributed by atoms with Crippen molar-refractivity contribution in [1.82, 2.24) is 10.3 Å². The van der Waals surface area contributed by atoms with Crippen LogP contribution < -0.4 is 11.1 Å². The van der Waals surface area contributed by atoms with Gasteiger partial charge in [-0.1, -0.05) is 11.6 Å². The number of carbonyl (C=O) groups excluding carboxylic acids is 1. The summed E-state index contributed by atoms with van der Waals surface area (Å²) in [6, 6.07) is 1.50. The van der Waals surface area contributed by atoms with Crippen molar-refractivity contribution in [3.05, 3.63) is 22.8 Å². The Balaban J connectivity index is 1.96. The molecule has 92 valence electrons. The summed E-state index contributed by atoms with van der Waals surface area (Å²) in [6.07, 6.45) is 3.79. The molecule has 1 amide bonds. The third-order valence-corrected chi connectivity index (χ3v) is 4.33. The number of nitrogen functional groups attached to an aromatic ring is 1. The molecular formula is C11H14ClN3OS. The first-order valence-corrected chi connectivity index (χ1v) is 6.90. The molecule has 6 heteroatoms. The Bertz CT molecular complexity index is 421. The Kier molecular flexibility index (Phi) is 4.12. The van der Waals surface area contributed by atoms with E-state index in [0.717, 1.165) is 6.42 Å². The summed E-state index contributed by atoms with van der Waals surface area (Å²) >= 11 is 7.80. The van der Waals surface area contributed by atoms with E-state index in [9.17, 15) is 4.79 Å². The highest BCUT2D eigenvalue weighted by Gasteiger charge is 2.17. The molecular weight excluding hydrogens is 258 g/mol. The average Bonchev–Trinajstić information content (AvgIpc) is 2.82. The molecule has 0 aromatic carbocycles. The molecule has 0 radical (unpaired) electrons. The number of halogens is 1. The number of anilines is 1. The molecule has 2 rings (SSSR count). The molecule has 4 nitrogen and oxygen atoms in total. The monoisotopic (exact) mass is 271 g/mol. The van der Waals surface area contributed by atoms with Gasteiger partial charge in [0, 0.05) is 18.0 Å². The number of carbonyl (C=O) groups is 1. The smallest absolute Gasteiger partial charge is 0.253 e. The summed E-state index contributed by atoms with van der Waals surface area (Å²) in [6.45, 7) is 0.683. The lowest BCUT2D eigenvalue weighted by molar-refractivity contribution is 0.0954. The minimum atomic E-state index is -0.184. The van der Waals surface area contributed by atoms with Gasteiger partial charge >= 0.3 is 0 Å². The Morgan fingerprint density at radius 1 is 1.71 bits per heavy atom. The zero-order valence-corrected chi connectivity index (χ0v) is 10.9. The van der Waals surface area contributed by atoms with Crippen molar-refractivity contribution in [3.8, 4) is 0 Å². The van der Waals surface area contributed by atoms with Crippen LogP contribution in [0.5, 0.6) is 0 Å². The fourth-order valence-electron chi connectivity index (χ4n) is 1.74. The van der Waals surface area contributed by atoms with Crippen LogP contribution in [0.2, 0.25) is 5.02 Å². The van der Waals surface area contributed by atoms with Crippen molar-refractivity contribution in [2.45, 2.75) is 18.1 Å². The van der Waals surface area contributed by atoms with Crippen LogP contribution in [-0.4, -0.2) is 28.4 Å². The molecule has 3 N–H and O–H groups in total. The number of pyridine rings is 1. The molecule has 0 bridgehead atoms. The van der Waals surface area contributed by atoms with Crippen LogP contribution in [0.3, 0.4) is 0 Å². The van der Waals surface area contributed by atoms with E-state index in [2.05, 4.69) is 10.3 Å². The van der Waals surface area contributed by atoms with Gasteiger partial charge in [-0.2, -0.15) is 11.8 Å². The maximum atomic E-state index is 11.9. The van der Waals surface area contributed by atoms with Crippen LogP contribution >= 0.6 is 23.4 Å². The third-order valence-electron chi connectivity index (χ3n) is 2.64. The van der Waals surface area contributed by atoms with Gasteiger partial charge in [0.15, 0.2) is 0 Å². The summed E-state index contributed by atoms with van der Waals surface area (Å²) in [5, 5.41) is 3.74. The van der Waals surface area contributed by atoms with Gasteiger partial charge in [0.1, 0.15) is 5.82 Å². The van der Waals surface area contributed by atoms with Crippen LogP contribution in [0.25, 0.3) is 0 Å². The molecule has 1 aromatic heterocycles. The van der Waals surface area contributed by atoms with Crippen LogP contribution in [0, 0.1) is 0 Å². The highest BCUT2D eigenvalue weighted by atomic mass is 35.5. The van der Waals surface area contributed by atoms with E-state index in [1.807, 2.05) is 11.8 Å². The molecule has 1 saturated heterocycles. The standard InChI is InChI=1S/C11H14ClN3OS/c12-9-6-14-10(13)4-8(9)11(16)15-5-7-2-1-3-17-7/h4,6-7H,1-3,5H2,(H2,13,14)(H,15,16). The molecule has 2 heterocycles. The molecule has 1 atom stereocenters. The average molecular weight is 272 g/mol. The predicted octanol–water partition coefficient (Wildman–Crippen LogP) is 1.94. The third kappa shape index (κ3) is 3.26. The van der Waals surface area contributed by atoms with E-state index in [1.165, 1.54) is 24.4 Å². The number of hydrogen-bond donors (Lipinski definition) is 2. The van der Waals surface area contributed by atoms with E-state index in [4.69, 9.17) is 17.3 Å². The lowest BCUT2D eigenvalue weighted by Crippen LogP contribution is -2.30. The molecule has 1 aliphatic rings. The van der Waals surface area contributed by atoms with E-state index in [0.29, 0.717) is 28.2 Å². The lowest BCUT2D eigenvalue weighted by Gasteiger charge is -2.11. The number of nitrogens with one attached hydrogen (secondary N) is 1. The minimum absolute atomic E-state index is 0.184. The normalized spacial score (nSPS) is 19.2. The van der Waals surface area contributed by atoms with E-state index in [1.54, 1.807) is 0 Å². The second kappa shape index (κ2) is 5.60. The zero-order valence-electron chi connectivity index (χ0n) is 9.28. The highest BCUT2D eigenvalue weighted by Crippen LogP contribution is 2.25. The quantitative estimate of drug-likeness (QED) is 0.882. The summed E-state index contributed by atoms with van der Waals surface area (Å²) < 4.78 is 0. The largest absolute Gasteiger partial charge is 0.384 e. The van der Waals surface area contributed by atoms with Gasteiger partial charge < -0.3 is 11.1 Å². The van der Waals surface area contributed by atoms with Gasteiger partial charge in [0.2, 0.25) is 0 Å². The van der Waals surface area contributed by atoms with E-state index >= 15 is 0 Å². The van der Waals surface area contributed by atoms with Crippen LogP contribution in [0.4, 0.5) is 5.82 Å². The van der Waals surface area contributed by atoms with Crippen molar-refractivity contribution in [2.75, 3.05) is 18.0 Å². The Morgan fingerprint density at radius 3 is 3.24 bits per heavy atom. The van der Waals surface area contributed by atoms with Gasteiger partial charge in [-0.15, -0.1) is 0 Å².